The SMILES string of the molecule is N/C(Cc1ccccc1Cl)=N/OCC(=O)Nc1ccc(OC(F)F)cc1. The summed E-state index contributed by atoms with van der Waals surface area (Å²) in [6.07, 6.45) is 0.285. The summed E-state index contributed by atoms with van der Waals surface area (Å²) >= 11 is 6.02. The predicted molar refractivity (Wildman–Crippen MR) is 94.4 cm³/mol. The lowest BCUT2D eigenvalue weighted by molar-refractivity contribution is -0.120. The highest BCUT2D eigenvalue weighted by molar-refractivity contribution is 6.31. The fraction of sp³-hybridized carbons (Fsp3) is 0.176. The molecule has 2 rings (SSSR count). The molecule has 0 aromatic heterocycles. The van der Waals surface area contributed by atoms with Crippen LogP contribution in [0.1, 0.15) is 5.56 Å². The molecule has 26 heavy (non-hydrogen) atoms. The Bertz CT molecular complexity index is 770. The van der Waals surface area contributed by atoms with Crippen LogP contribution in [0.5, 0.6) is 5.75 Å². The number of nitrogens with one attached hydrogen (secondary N) is 1. The molecule has 0 atom stereocenters. The van der Waals surface area contributed by atoms with Gasteiger partial charge >= 0.3 is 6.61 Å². The van der Waals surface area contributed by atoms with Gasteiger partial charge in [0.2, 0.25) is 0 Å². The number of amides is 1. The Kier molecular flexibility index (Phi) is 7.16. The quantitative estimate of drug-likeness (QED) is 0.415. The lowest BCUT2D eigenvalue weighted by Crippen LogP contribution is -2.20. The van der Waals surface area contributed by atoms with Crippen molar-refractivity contribution in [2.45, 2.75) is 13.0 Å². The number of nitrogens with zero attached hydrogens (tertiary/aromatic N) is 1. The van der Waals surface area contributed by atoms with E-state index in [1.807, 2.05) is 6.07 Å². The summed E-state index contributed by atoms with van der Waals surface area (Å²) in [5.41, 5.74) is 6.91. The van der Waals surface area contributed by atoms with Gasteiger partial charge in [-0.15, -0.1) is 0 Å². The van der Waals surface area contributed by atoms with E-state index >= 15 is 0 Å². The first-order chi connectivity index (χ1) is 12.4. The third-order valence-corrected chi connectivity index (χ3v) is 3.44. The van der Waals surface area contributed by atoms with Gasteiger partial charge in [0, 0.05) is 17.1 Å². The highest BCUT2D eigenvalue weighted by Crippen LogP contribution is 2.18. The third kappa shape index (κ3) is 6.56. The molecule has 1 amide bonds. The van der Waals surface area contributed by atoms with Gasteiger partial charge in [-0.2, -0.15) is 8.78 Å². The number of ether oxygens (including phenoxy) is 1. The van der Waals surface area contributed by atoms with Crippen LogP contribution in [0.3, 0.4) is 0 Å². The van der Waals surface area contributed by atoms with Crippen molar-refractivity contribution in [1.82, 2.24) is 0 Å². The van der Waals surface area contributed by atoms with Crippen LogP contribution in [0.15, 0.2) is 53.7 Å². The number of hydrogen-bond acceptors (Lipinski definition) is 4. The monoisotopic (exact) mass is 383 g/mol. The molecule has 2 aromatic carbocycles. The fourth-order valence-electron chi connectivity index (χ4n) is 1.96. The zero-order chi connectivity index (χ0) is 18.9. The zero-order valence-electron chi connectivity index (χ0n) is 13.5. The van der Waals surface area contributed by atoms with Crippen molar-refractivity contribution < 1.29 is 23.1 Å². The number of anilines is 1. The summed E-state index contributed by atoms with van der Waals surface area (Å²) in [4.78, 5) is 16.7. The minimum Gasteiger partial charge on any atom is -0.435 e. The van der Waals surface area contributed by atoms with Crippen LogP contribution in [0.2, 0.25) is 5.02 Å². The van der Waals surface area contributed by atoms with Gasteiger partial charge in [0.15, 0.2) is 6.61 Å². The van der Waals surface area contributed by atoms with E-state index in [1.165, 1.54) is 24.3 Å². The molecule has 0 aliphatic carbocycles. The normalized spacial score (nSPS) is 11.3. The van der Waals surface area contributed by atoms with Crippen molar-refractivity contribution in [1.29, 1.82) is 0 Å². The number of carbonyl (C=O) groups excluding carboxylic acids is 1. The molecule has 2 aromatic rings. The van der Waals surface area contributed by atoms with Crippen molar-refractivity contribution in [3.05, 3.63) is 59.1 Å². The molecule has 0 bridgehead atoms. The number of benzene rings is 2. The second kappa shape index (κ2) is 9.57. The van der Waals surface area contributed by atoms with Crippen LogP contribution < -0.4 is 15.8 Å². The molecule has 6 nitrogen and oxygen atoms in total. The summed E-state index contributed by atoms with van der Waals surface area (Å²) < 4.78 is 28.3. The van der Waals surface area contributed by atoms with Crippen molar-refractivity contribution in [2.75, 3.05) is 11.9 Å². The molecule has 0 saturated heterocycles. The maximum absolute atomic E-state index is 12.1. The highest BCUT2D eigenvalue weighted by Gasteiger charge is 2.07. The maximum Gasteiger partial charge on any atom is 0.387 e. The number of hydrogen-bond donors (Lipinski definition) is 2. The highest BCUT2D eigenvalue weighted by atomic mass is 35.5. The third-order valence-electron chi connectivity index (χ3n) is 3.07. The van der Waals surface area contributed by atoms with Crippen LogP contribution in [-0.2, 0) is 16.1 Å². The van der Waals surface area contributed by atoms with Crippen molar-refractivity contribution >= 4 is 29.0 Å². The van der Waals surface area contributed by atoms with Crippen LogP contribution >= 0.6 is 11.6 Å². The molecule has 3 N–H and O–H groups in total. The largest absolute Gasteiger partial charge is 0.435 e. The van der Waals surface area contributed by atoms with Gasteiger partial charge < -0.3 is 20.6 Å². The van der Waals surface area contributed by atoms with Crippen LogP contribution in [0, 0.1) is 0 Å². The van der Waals surface area contributed by atoms with Crippen LogP contribution in [-0.4, -0.2) is 25.0 Å². The Balaban J connectivity index is 1.78. The van der Waals surface area contributed by atoms with Crippen molar-refractivity contribution in [2.24, 2.45) is 10.9 Å². The second-order valence-corrected chi connectivity index (χ2v) is 5.48. The number of carbonyl (C=O) groups is 1. The minimum absolute atomic E-state index is 0.00815. The Morgan fingerprint density at radius 3 is 2.54 bits per heavy atom. The van der Waals surface area contributed by atoms with Gasteiger partial charge in [0.1, 0.15) is 11.6 Å². The smallest absolute Gasteiger partial charge is 0.387 e. The Morgan fingerprint density at radius 2 is 1.88 bits per heavy atom. The van der Waals surface area contributed by atoms with E-state index < -0.39 is 12.5 Å². The maximum atomic E-state index is 12.1. The van der Waals surface area contributed by atoms with Crippen molar-refractivity contribution in [3.63, 3.8) is 0 Å². The number of nitrogens with two attached hydrogens (primary N) is 1. The molecule has 0 fully saturated rings. The number of oxime groups is 1. The molecular formula is C17H16ClF2N3O3. The average molecular weight is 384 g/mol. The predicted octanol–water partition coefficient (Wildman–Crippen LogP) is 3.41. The van der Waals surface area contributed by atoms with Gasteiger partial charge in [-0.25, -0.2) is 0 Å². The summed E-state index contributed by atoms with van der Waals surface area (Å²) in [6, 6.07) is 12.6. The van der Waals surface area contributed by atoms with E-state index in [-0.39, 0.29) is 24.6 Å². The molecule has 9 heteroatoms. The number of rotatable bonds is 8. The standard InChI is InChI=1S/C17H16ClF2N3O3/c18-14-4-2-1-3-11(14)9-15(21)23-25-10-16(24)22-12-5-7-13(8-6-12)26-17(19)20/h1-8,17H,9-10H2,(H2,21,23)(H,22,24). The van der Waals surface area contributed by atoms with Crippen LogP contribution in [0.25, 0.3) is 0 Å². The molecule has 0 heterocycles. The van der Waals surface area contributed by atoms with E-state index in [1.54, 1.807) is 18.2 Å². The molecule has 0 unspecified atom stereocenters. The first kappa shape index (κ1) is 19.5. The van der Waals surface area contributed by atoms with Gasteiger partial charge in [-0.3, -0.25) is 4.79 Å². The Morgan fingerprint density at radius 1 is 1.19 bits per heavy atom. The molecular weight excluding hydrogens is 368 g/mol. The van der Waals surface area contributed by atoms with Crippen molar-refractivity contribution in [3.8, 4) is 5.75 Å². The number of alkyl halides is 2. The molecule has 0 aliphatic rings. The molecule has 0 saturated carbocycles. The van der Waals surface area contributed by atoms with Gasteiger partial charge in [0.05, 0.1) is 0 Å². The summed E-state index contributed by atoms with van der Waals surface area (Å²) in [5, 5.41) is 6.74. The summed E-state index contributed by atoms with van der Waals surface area (Å²) in [6.45, 7) is -3.27. The minimum atomic E-state index is -2.90. The fourth-order valence-corrected chi connectivity index (χ4v) is 2.16. The number of amidine groups is 1. The Labute approximate surface area is 153 Å². The van der Waals surface area contributed by atoms with E-state index in [0.29, 0.717) is 10.7 Å². The summed E-state index contributed by atoms with van der Waals surface area (Å²) in [7, 11) is 0. The van der Waals surface area contributed by atoms with Gasteiger partial charge in [0.25, 0.3) is 5.91 Å². The Hall–Kier alpha value is -2.87. The van der Waals surface area contributed by atoms with E-state index in [4.69, 9.17) is 22.2 Å². The van der Waals surface area contributed by atoms with E-state index in [0.717, 1.165) is 5.56 Å². The van der Waals surface area contributed by atoms with E-state index in [2.05, 4.69) is 15.2 Å². The second-order valence-electron chi connectivity index (χ2n) is 5.08. The molecule has 0 spiro atoms. The molecule has 0 aliphatic heterocycles. The van der Waals surface area contributed by atoms with E-state index in [9.17, 15) is 13.6 Å². The zero-order valence-corrected chi connectivity index (χ0v) is 14.2. The molecule has 0 radical (unpaired) electrons. The van der Waals surface area contributed by atoms with Crippen LogP contribution in [0.4, 0.5) is 14.5 Å². The first-order valence-corrected chi connectivity index (χ1v) is 7.84. The number of halogens is 3. The average Bonchev–Trinajstić information content (AvgIpc) is 2.58. The summed E-state index contributed by atoms with van der Waals surface area (Å²) in [5.74, 6) is -0.326. The van der Waals surface area contributed by atoms with Gasteiger partial charge in [-0.1, -0.05) is 35.0 Å². The molecule has 138 valence electrons. The lowest BCUT2D eigenvalue weighted by atomic mass is 10.1. The first-order valence-electron chi connectivity index (χ1n) is 7.46. The van der Waals surface area contributed by atoms with Gasteiger partial charge in [-0.05, 0) is 35.9 Å². The lowest BCUT2D eigenvalue weighted by Gasteiger charge is -2.07. The topological polar surface area (TPSA) is 85.9 Å².